The number of hydrogen-bond donors (Lipinski definition) is 2. The number of pyridine rings is 1. The van der Waals surface area contributed by atoms with Gasteiger partial charge < -0.3 is 5.32 Å². The smallest absolute Gasteiger partial charge is 0.250 e. The monoisotopic (exact) mass is 325 g/mol. The molecule has 0 radical (unpaired) electrons. The van der Waals surface area contributed by atoms with Gasteiger partial charge in [-0.3, -0.25) is 4.98 Å². The molecule has 7 heteroatoms. The third-order valence-corrected chi connectivity index (χ3v) is 5.78. The van der Waals surface area contributed by atoms with Gasteiger partial charge in [-0.15, -0.1) is 11.3 Å². The molecule has 0 unspecified atom stereocenters. The summed E-state index contributed by atoms with van der Waals surface area (Å²) in [6.07, 6.45) is 3.29. The van der Waals surface area contributed by atoms with Crippen LogP contribution in [0.1, 0.15) is 24.3 Å². The first-order valence-electron chi connectivity index (χ1n) is 6.68. The summed E-state index contributed by atoms with van der Waals surface area (Å²) < 4.78 is 27.4. The molecule has 5 nitrogen and oxygen atoms in total. The Hall–Kier alpha value is -1.28. The van der Waals surface area contributed by atoms with Crippen LogP contribution in [0.2, 0.25) is 0 Å². The van der Waals surface area contributed by atoms with Gasteiger partial charge >= 0.3 is 0 Å². The molecule has 0 aliphatic heterocycles. The van der Waals surface area contributed by atoms with E-state index in [0.717, 1.165) is 10.4 Å². The lowest BCUT2D eigenvalue weighted by molar-refractivity contribution is 0.583. The van der Waals surface area contributed by atoms with E-state index in [2.05, 4.69) is 28.9 Å². The molecule has 2 rings (SSSR count). The summed E-state index contributed by atoms with van der Waals surface area (Å²) in [5.74, 6) is 0. The Kier molecular flexibility index (Phi) is 5.46. The van der Waals surface area contributed by atoms with E-state index in [0.29, 0.717) is 16.8 Å². The van der Waals surface area contributed by atoms with E-state index in [-0.39, 0.29) is 6.54 Å². The largest absolute Gasteiger partial charge is 0.310 e. The predicted octanol–water partition coefficient (Wildman–Crippen LogP) is 2.12. The van der Waals surface area contributed by atoms with Crippen LogP contribution in [-0.2, 0) is 23.1 Å². The maximum atomic E-state index is 12.2. The topological polar surface area (TPSA) is 71.1 Å². The summed E-state index contributed by atoms with van der Waals surface area (Å²) in [6, 6.07) is 7.44. The molecule has 114 valence electrons. The highest BCUT2D eigenvalue weighted by Gasteiger charge is 2.16. The van der Waals surface area contributed by atoms with Crippen LogP contribution in [0, 0.1) is 0 Å². The number of nitrogens with one attached hydrogen (secondary N) is 2. The van der Waals surface area contributed by atoms with Gasteiger partial charge in [-0.25, -0.2) is 13.1 Å². The van der Waals surface area contributed by atoms with Gasteiger partial charge in [0.2, 0.25) is 10.0 Å². The van der Waals surface area contributed by atoms with Crippen LogP contribution >= 0.6 is 11.3 Å². The highest BCUT2D eigenvalue weighted by atomic mass is 32.2. The Balaban J connectivity index is 1.99. The zero-order valence-corrected chi connectivity index (χ0v) is 13.7. The van der Waals surface area contributed by atoms with E-state index in [1.807, 2.05) is 6.07 Å². The van der Waals surface area contributed by atoms with E-state index >= 15 is 0 Å². The molecule has 0 fully saturated rings. The van der Waals surface area contributed by atoms with Crippen molar-refractivity contribution in [3.63, 3.8) is 0 Å². The summed E-state index contributed by atoms with van der Waals surface area (Å²) in [5, 5.41) is 3.27. The molecule has 2 heterocycles. The third kappa shape index (κ3) is 4.89. The van der Waals surface area contributed by atoms with Crippen molar-refractivity contribution < 1.29 is 8.42 Å². The molecule has 0 aromatic carbocycles. The number of rotatable bonds is 7. The Labute approximate surface area is 129 Å². The van der Waals surface area contributed by atoms with Crippen molar-refractivity contribution in [2.75, 3.05) is 0 Å². The lowest BCUT2D eigenvalue weighted by atomic mass is 10.3. The number of sulfonamides is 1. The molecule has 0 atom stereocenters. The molecule has 0 spiro atoms. The minimum absolute atomic E-state index is 0.266. The van der Waals surface area contributed by atoms with Crippen molar-refractivity contribution in [2.45, 2.75) is 37.2 Å². The van der Waals surface area contributed by atoms with Gasteiger partial charge in [-0.1, -0.05) is 13.8 Å². The maximum absolute atomic E-state index is 12.2. The summed E-state index contributed by atoms with van der Waals surface area (Å²) in [6.45, 7) is 5.06. The second-order valence-electron chi connectivity index (χ2n) is 4.94. The SMILES string of the molecule is CC(C)NCc1ccc(S(=O)(=O)NCc2ccncc2)s1. The Morgan fingerprint density at radius 3 is 2.52 bits per heavy atom. The van der Waals surface area contributed by atoms with Crippen molar-refractivity contribution in [1.29, 1.82) is 0 Å². The summed E-state index contributed by atoms with van der Waals surface area (Å²) in [4.78, 5) is 4.91. The molecule has 2 aromatic heterocycles. The Bertz CT molecular complexity index is 667. The number of hydrogen-bond acceptors (Lipinski definition) is 5. The minimum atomic E-state index is -3.46. The van der Waals surface area contributed by atoms with Gasteiger partial charge in [0, 0.05) is 36.4 Å². The van der Waals surface area contributed by atoms with Crippen LogP contribution in [-0.4, -0.2) is 19.4 Å². The summed E-state index contributed by atoms with van der Waals surface area (Å²) in [5.41, 5.74) is 0.881. The molecule has 0 bridgehead atoms. The van der Waals surface area contributed by atoms with E-state index in [4.69, 9.17) is 0 Å². The maximum Gasteiger partial charge on any atom is 0.250 e. The quantitative estimate of drug-likeness (QED) is 0.818. The van der Waals surface area contributed by atoms with Crippen LogP contribution in [0.3, 0.4) is 0 Å². The standard InChI is InChI=1S/C14H19N3O2S2/c1-11(2)16-10-13-3-4-14(20-13)21(18,19)17-9-12-5-7-15-8-6-12/h3-8,11,16-17H,9-10H2,1-2H3. The van der Waals surface area contributed by atoms with Crippen LogP contribution in [0.15, 0.2) is 40.9 Å². The number of thiophene rings is 1. The molecular formula is C14H19N3O2S2. The summed E-state index contributed by atoms with van der Waals surface area (Å²) >= 11 is 1.29. The second-order valence-corrected chi connectivity index (χ2v) is 8.10. The van der Waals surface area contributed by atoms with Crippen molar-refractivity contribution in [1.82, 2.24) is 15.0 Å². The first-order valence-corrected chi connectivity index (χ1v) is 8.98. The van der Waals surface area contributed by atoms with Gasteiger partial charge in [0.15, 0.2) is 0 Å². The van der Waals surface area contributed by atoms with Crippen molar-refractivity contribution >= 4 is 21.4 Å². The molecule has 2 aromatic rings. The van der Waals surface area contributed by atoms with Gasteiger partial charge in [0.05, 0.1) is 0 Å². The van der Waals surface area contributed by atoms with Crippen molar-refractivity contribution in [3.8, 4) is 0 Å². The molecular weight excluding hydrogens is 306 g/mol. The lowest BCUT2D eigenvalue weighted by Crippen LogP contribution is -2.22. The van der Waals surface area contributed by atoms with E-state index in [1.54, 1.807) is 30.6 Å². The van der Waals surface area contributed by atoms with Crippen LogP contribution < -0.4 is 10.0 Å². The van der Waals surface area contributed by atoms with Crippen molar-refractivity contribution in [2.24, 2.45) is 0 Å². The van der Waals surface area contributed by atoms with E-state index < -0.39 is 10.0 Å². The first-order chi connectivity index (χ1) is 9.97. The fourth-order valence-corrected chi connectivity index (χ4v) is 4.02. The highest BCUT2D eigenvalue weighted by molar-refractivity contribution is 7.91. The average Bonchev–Trinajstić information content (AvgIpc) is 2.94. The summed E-state index contributed by atoms with van der Waals surface area (Å²) in [7, 11) is -3.46. The predicted molar refractivity (Wildman–Crippen MR) is 84.6 cm³/mol. The van der Waals surface area contributed by atoms with Gasteiger partial charge in [0.1, 0.15) is 4.21 Å². The highest BCUT2D eigenvalue weighted by Crippen LogP contribution is 2.21. The molecule has 21 heavy (non-hydrogen) atoms. The first kappa shape index (κ1) is 16.1. The minimum Gasteiger partial charge on any atom is -0.310 e. The normalized spacial score (nSPS) is 12.0. The van der Waals surface area contributed by atoms with Crippen LogP contribution in [0.4, 0.5) is 0 Å². The lowest BCUT2D eigenvalue weighted by Gasteiger charge is -2.06. The molecule has 2 N–H and O–H groups in total. The molecule has 0 aliphatic carbocycles. The third-order valence-electron chi connectivity index (χ3n) is 2.80. The Morgan fingerprint density at radius 2 is 1.86 bits per heavy atom. The number of aromatic nitrogens is 1. The van der Waals surface area contributed by atoms with Gasteiger partial charge in [-0.2, -0.15) is 0 Å². The van der Waals surface area contributed by atoms with Crippen LogP contribution in [0.25, 0.3) is 0 Å². The van der Waals surface area contributed by atoms with E-state index in [1.165, 1.54) is 11.3 Å². The molecule has 0 saturated carbocycles. The second kappa shape index (κ2) is 7.13. The zero-order chi connectivity index (χ0) is 15.3. The van der Waals surface area contributed by atoms with Crippen LogP contribution in [0.5, 0.6) is 0 Å². The average molecular weight is 325 g/mol. The zero-order valence-electron chi connectivity index (χ0n) is 12.0. The van der Waals surface area contributed by atoms with Gasteiger partial charge in [0.25, 0.3) is 0 Å². The van der Waals surface area contributed by atoms with E-state index in [9.17, 15) is 8.42 Å². The molecule has 0 saturated heterocycles. The van der Waals surface area contributed by atoms with Crippen molar-refractivity contribution in [3.05, 3.63) is 47.1 Å². The fraction of sp³-hybridized carbons (Fsp3) is 0.357. The van der Waals surface area contributed by atoms with Gasteiger partial charge in [-0.05, 0) is 29.8 Å². The fourth-order valence-electron chi connectivity index (χ4n) is 1.65. The molecule has 0 aliphatic rings. The molecule has 0 amide bonds. The number of nitrogens with zero attached hydrogens (tertiary/aromatic N) is 1. The Morgan fingerprint density at radius 1 is 1.14 bits per heavy atom.